The molecule has 0 fully saturated rings. The molecule has 0 unspecified atom stereocenters. The average molecular weight is 1080 g/mol. The van der Waals surface area contributed by atoms with Crippen molar-refractivity contribution in [1.82, 2.24) is 9.80 Å². The van der Waals surface area contributed by atoms with Gasteiger partial charge in [0.1, 0.15) is 13.2 Å². The SMILES string of the molecule is CC1=C(/C=C/C(C)=C/C=C/C(C)=C/COC(=O)CCCCCC/C=C\C/C=C\CCCCCN(C)C)C(C)(C)CCC1.CC1=C(/C=C/C(C)=C/C=C/C(C)=C/COC(=O)CCCCCCCCCCN(C)C)C(C)(C)CCC1. The molecule has 6 nitrogen and oxygen atoms in total. The van der Waals surface area contributed by atoms with Crippen LogP contribution in [0.1, 0.15) is 236 Å². The minimum atomic E-state index is -0.0940. The number of carbonyl (C=O) groups is 2. The molecule has 2 rings (SSSR count). The van der Waals surface area contributed by atoms with Crippen molar-refractivity contribution in [2.45, 2.75) is 236 Å². The van der Waals surface area contributed by atoms with Crippen molar-refractivity contribution in [3.05, 3.63) is 142 Å². The molecule has 0 aromatic carbocycles. The fraction of sp³-hybridized carbons (Fsp3) is 0.639. The number of hydrogen-bond donors (Lipinski definition) is 0. The van der Waals surface area contributed by atoms with E-state index in [2.05, 4.69) is 178 Å². The molecule has 0 atom stereocenters. The second-order valence-electron chi connectivity index (χ2n) is 24.5. The van der Waals surface area contributed by atoms with Gasteiger partial charge < -0.3 is 19.3 Å². The van der Waals surface area contributed by atoms with E-state index >= 15 is 0 Å². The Bertz CT molecular complexity index is 2050. The molecule has 0 aromatic rings. The lowest BCUT2D eigenvalue weighted by molar-refractivity contribution is -0.143. The van der Waals surface area contributed by atoms with Crippen LogP contribution >= 0.6 is 0 Å². The van der Waals surface area contributed by atoms with Gasteiger partial charge in [-0.05, 0) is 213 Å². The zero-order valence-corrected chi connectivity index (χ0v) is 53.0. The molecule has 0 aromatic heterocycles. The van der Waals surface area contributed by atoms with Gasteiger partial charge in [-0.3, -0.25) is 9.59 Å². The monoisotopic (exact) mass is 1070 g/mol. The Morgan fingerprint density at radius 1 is 0.474 bits per heavy atom. The van der Waals surface area contributed by atoms with Crippen LogP contribution in [0.2, 0.25) is 0 Å². The molecular formula is C72H118N2O4. The average Bonchev–Trinajstić information content (AvgIpc) is 3.36. The van der Waals surface area contributed by atoms with E-state index in [1.165, 1.54) is 162 Å². The maximum atomic E-state index is 12.1. The first kappa shape index (κ1) is 71.8. The van der Waals surface area contributed by atoms with Gasteiger partial charge in [-0.15, -0.1) is 0 Å². The van der Waals surface area contributed by atoms with Crippen molar-refractivity contribution in [2.24, 2.45) is 10.8 Å². The van der Waals surface area contributed by atoms with Gasteiger partial charge in [-0.25, -0.2) is 0 Å². The molecule has 0 amide bonds. The topological polar surface area (TPSA) is 59.1 Å². The third-order valence-electron chi connectivity index (χ3n) is 15.2. The Hall–Kier alpha value is -4.26. The fourth-order valence-corrected chi connectivity index (χ4v) is 10.1. The van der Waals surface area contributed by atoms with Crippen molar-refractivity contribution >= 4 is 11.9 Å². The third kappa shape index (κ3) is 39.2. The Labute approximate surface area is 481 Å². The van der Waals surface area contributed by atoms with E-state index in [9.17, 15) is 9.59 Å². The highest BCUT2D eigenvalue weighted by Crippen LogP contribution is 2.42. The molecule has 0 spiro atoms. The number of rotatable bonds is 38. The highest BCUT2D eigenvalue weighted by Gasteiger charge is 2.27. The standard InChI is InChI=1S/C39H63NO2.C33H55NO2/c1-34(28-29-37-36(3)26-23-31-39(37,4)5)24-22-25-35(2)30-33-42-38(41)27-20-18-16-14-12-10-8-9-11-13-15-17-19-21-32-40(6)7;1-28(22-23-31-30(3)20-17-25-33(31,4)5)18-16-19-29(2)24-27-36-32(35)21-14-12-10-8-9-11-13-15-26-34(6)7/h8,10-11,13,22,24-25,28-30H,9,12,14-21,23,26-27,31-33H2,1-7H3;16,18-19,22-24H,8-15,17,20-21,25-27H2,1-7H3/b10-8-,13-11-,25-22+,29-28+,34-24+,35-30+;19-16+,23-22+,28-18+,29-24+. The lowest BCUT2D eigenvalue weighted by atomic mass is 9.72. The molecule has 0 saturated carbocycles. The van der Waals surface area contributed by atoms with Gasteiger partial charge in [-0.1, -0.05) is 204 Å². The molecule has 0 aliphatic heterocycles. The smallest absolute Gasteiger partial charge is 0.306 e. The highest BCUT2D eigenvalue weighted by atomic mass is 16.5. The molecule has 2 aliphatic rings. The quantitative estimate of drug-likeness (QED) is 0.0266. The summed E-state index contributed by atoms with van der Waals surface area (Å²) in [7, 11) is 8.55. The summed E-state index contributed by atoms with van der Waals surface area (Å²) in [5.74, 6) is -0.175. The first-order chi connectivity index (χ1) is 37.2. The van der Waals surface area contributed by atoms with Gasteiger partial charge in [-0.2, -0.15) is 0 Å². The number of nitrogens with zero attached hydrogens (tertiary/aromatic N) is 2. The van der Waals surface area contributed by atoms with Crippen LogP contribution in [0.15, 0.2) is 142 Å². The molecule has 0 heterocycles. The van der Waals surface area contributed by atoms with Gasteiger partial charge in [0.25, 0.3) is 0 Å². The number of unbranched alkanes of at least 4 members (excludes halogenated alkanes) is 14. The number of hydrogen-bond acceptors (Lipinski definition) is 6. The normalized spacial score (nSPS) is 16.9. The number of carbonyl (C=O) groups excluding carboxylic acids is 2. The van der Waals surface area contributed by atoms with Crippen LogP contribution in [0, 0.1) is 10.8 Å². The molecule has 2 aliphatic carbocycles. The Morgan fingerprint density at radius 3 is 1.22 bits per heavy atom. The summed E-state index contributed by atoms with van der Waals surface area (Å²) in [6, 6.07) is 0. The van der Waals surface area contributed by atoms with Gasteiger partial charge in [0.2, 0.25) is 0 Å². The van der Waals surface area contributed by atoms with E-state index < -0.39 is 0 Å². The van der Waals surface area contributed by atoms with Crippen molar-refractivity contribution < 1.29 is 19.1 Å². The Kier molecular flexibility index (Phi) is 40.9. The second-order valence-corrected chi connectivity index (χ2v) is 24.5. The minimum Gasteiger partial charge on any atom is -0.461 e. The summed E-state index contributed by atoms with van der Waals surface area (Å²) in [4.78, 5) is 28.5. The largest absolute Gasteiger partial charge is 0.461 e. The molecule has 0 radical (unpaired) electrons. The molecule has 78 heavy (non-hydrogen) atoms. The minimum absolute atomic E-state index is 0.0807. The molecule has 0 bridgehead atoms. The number of allylic oxidation sites excluding steroid dienone is 22. The third-order valence-corrected chi connectivity index (χ3v) is 15.2. The predicted octanol–water partition coefficient (Wildman–Crippen LogP) is 20.2. The van der Waals surface area contributed by atoms with Crippen molar-refractivity contribution in [1.29, 1.82) is 0 Å². The zero-order valence-electron chi connectivity index (χ0n) is 53.0. The van der Waals surface area contributed by atoms with Gasteiger partial charge in [0.15, 0.2) is 0 Å². The summed E-state index contributed by atoms with van der Waals surface area (Å²) in [6.45, 7) is 25.4. The lowest BCUT2D eigenvalue weighted by Gasteiger charge is -2.33. The van der Waals surface area contributed by atoms with E-state index in [4.69, 9.17) is 9.47 Å². The lowest BCUT2D eigenvalue weighted by Crippen LogP contribution is -2.19. The number of ether oxygens (including phenoxy) is 2. The van der Waals surface area contributed by atoms with Crippen LogP contribution in [0.5, 0.6) is 0 Å². The van der Waals surface area contributed by atoms with Crippen LogP contribution in [-0.4, -0.2) is 76.2 Å². The van der Waals surface area contributed by atoms with Crippen LogP contribution in [0.25, 0.3) is 0 Å². The molecule has 0 saturated heterocycles. The summed E-state index contributed by atoms with van der Waals surface area (Å²) in [5.41, 5.74) is 11.3. The van der Waals surface area contributed by atoms with Gasteiger partial charge in [0, 0.05) is 12.8 Å². The summed E-state index contributed by atoms with van der Waals surface area (Å²) in [5, 5.41) is 0. The van der Waals surface area contributed by atoms with Gasteiger partial charge in [0.05, 0.1) is 0 Å². The van der Waals surface area contributed by atoms with E-state index in [0.29, 0.717) is 26.1 Å². The summed E-state index contributed by atoms with van der Waals surface area (Å²) >= 11 is 0. The first-order valence-corrected chi connectivity index (χ1v) is 30.9. The molecular weight excluding hydrogens is 957 g/mol. The van der Waals surface area contributed by atoms with Crippen molar-refractivity contribution in [2.75, 3.05) is 54.5 Å². The first-order valence-electron chi connectivity index (χ1n) is 30.9. The van der Waals surface area contributed by atoms with E-state index in [0.717, 1.165) is 49.7 Å². The maximum Gasteiger partial charge on any atom is 0.306 e. The van der Waals surface area contributed by atoms with Gasteiger partial charge >= 0.3 is 11.9 Å². The maximum absolute atomic E-state index is 12.1. The van der Waals surface area contributed by atoms with Crippen LogP contribution in [0.3, 0.4) is 0 Å². The van der Waals surface area contributed by atoms with E-state index in [-0.39, 0.29) is 22.8 Å². The Balaban J connectivity index is 0.000000789. The van der Waals surface area contributed by atoms with Crippen LogP contribution in [-0.2, 0) is 19.1 Å². The van der Waals surface area contributed by atoms with Crippen LogP contribution < -0.4 is 0 Å². The Morgan fingerprint density at radius 2 is 0.833 bits per heavy atom. The molecule has 440 valence electrons. The zero-order chi connectivity index (χ0) is 57.9. The highest BCUT2D eigenvalue weighted by molar-refractivity contribution is 5.69. The van der Waals surface area contributed by atoms with E-state index in [1.807, 2.05) is 26.0 Å². The van der Waals surface area contributed by atoms with Crippen molar-refractivity contribution in [3.63, 3.8) is 0 Å². The second kappa shape index (κ2) is 44.5. The predicted molar refractivity (Wildman–Crippen MR) is 342 cm³/mol. The fourth-order valence-electron chi connectivity index (χ4n) is 10.1. The molecule has 6 heteroatoms. The summed E-state index contributed by atoms with van der Waals surface area (Å²) < 4.78 is 10.8. The molecule has 0 N–H and O–H groups in total. The number of esters is 2. The van der Waals surface area contributed by atoms with E-state index in [1.54, 1.807) is 0 Å². The van der Waals surface area contributed by atoms with Crippen molar-refractivity contribution in [3.8, 4) is 0 Å². The van der Waals surface area contributed by atoms with Crippen LogP contribution in [0.4, 0.5) is 0 Å². The summed E-state index contributed by atoms with van der Waals surface area (Å²) in [6.07, 6.45) is 64.8.